The maximum atomic E-state index is 11.3. The molecule has 0 heterocycles. The zero-order chi connectivity index (χ0) is 13.2. The molecule has 96 valence electrons. The van der Waals surface area contributed by atoms with E-state index >= 15 is 0 Å². The molecule has 0 aliphatic heterocycles. The van der Waals surface area contributed by atoms with E-state index in [1.54, 1.807) is 13.0 Å². The van der Waals surface area contributed by atoms with E-state index in [1.165, 1.54) is 19.2 Å². The normalized spacial score (nSPS) is 15.4. The van der Waals surface area contributed by atoms with Gasteiger partial charge in [-0.1, -0.05) is 6.07 Å². The molecular weight excluding hydrogens is 244 g/mol. The number of sulfonamides is 1. The minimum Gasteiger partial charge on any atom is -0.495 e. The molecule has 0 aromatic heterocycles. The number of hydrogen-bond acceptors (Lipinski definition) is 5. The van der Waals surface area contributed by atoms with E-state index in [-0.39, 0.29) is 10.6 Å². The third-order valence-electron chi connectivity index (χ3n) is 2.33. The second-order valence-electron chi connectivity index (χ2n) is 3.76. The summed E-state index contributed by atoms with van der Waals surface area (Å²) in [5.41, 5.74) is 5.92. The van der Waals surface area contributed by atoms with Crippen LogP contribution in [-0.4, -0.2) is 26.7 Å². The van der Waals surface area contributed by atoms with Crippen molar-refractivity contribution in [1.29, 1.82) is 0 Å². The lowest BCUT2D eigenvalue weighted by Crippen LogP contribution is -2.24. The van der Waals surface area contributed by atoms with E-state index < -0.39 is 22.2 Å². The van der Waals surface area contributed by atoms with E-state index in [9.17, 15) is 13.5 Å². The molecule has 0 radical (unpaired) electrons. The van der Waals surface area contributed by atoms with Gasteiger partial charge in [0.05, 0.1) is 13.2 Å². The number of benzene rings is 1. The first-order chi connectivity index (χ1) is 7.77. The molecule has 0 saturated heterocycles. The van der Waals surface area contributed by atoms with E-state index in [2.05, 4.69) is 0 Å². The van der Waals surface area contributed by atoms with E-state index in [0.29, 0.717) is 5.56 Å². The molecule has 0 saturated carbocycles. The molecule has 0 spiro atoms. The van der Waals surface area contributed by atoms with Crippen molar-refractivity contribution in [2.45, 2.75) is 24.0 Å². The number of nitrogens with two attached hydrogens (primary N) is 2. The summed E-state index contributed by atoms with van der Waals surface area (Å²) in [6, 6.07) is 3.72. The summed E-state index contributed by atoms with van der Waals surface area (Å²) in [4.78, 5) is -0.169. The molecule has 0 bridgehead atoms. The van der Waals surface area contributed by atoms with Gasteiger partial charge in [-0.3, -0.25) is 0 Å². The fourth-order valence-corrected chi connectivity index (χ4v) is 2.14. The van der Waals surface area contributed by atoms with Crippen LogP contribution in [0.25, 0.3) is 0 Å². The molecule has 0 fully saturated rings. The second kappa shape index (κ2) is 5.01. The zero-order valence-electron chi connectivity index (χ0n) is 9.62. The van der Waals surface area contributed by atoms with Gasteiger partial charge in [-0.15, -0.1) is 0 Å². The van der Waals surface area contributed by atoms with Crippen molar-refractivity contribution in [2.24, 2.45) is 10.9 Å². The predicted molar refractivity (Wildman–Crippen MR) is 63.0 cm³/mol. The third kappa shape index (κ3) is 3.16. The number of aliphatic hydroxyl groups excluding tert-OH is 1. The van der Waals surface area contributed by atoms with Gasteiger partial charge in [-0.2, -0.15) is 0 Å². The van der Waals surface area contributed by atoms with Gasteiger partial charge < -0.3 is 15.6 Å². The first kappa shape index (κ1) is 13.9. The van der Waals surface area contributed by atoms with Crippen molar-refractivity contribution >= 4 is 10.0 Å². The third-order valence-corrected chi connectivity index (χ3v) is 3.27. The largest absolute Gasteiger partial charge is 0.495 e. The van der Waals surface area contributed by atoms with Crippen LogP contribution in [0.15, 0.2) is 23.1 Å². The van der Waals surface area contributed by atoms with Crippen LogP contribution >= 0.6 is 0 Å². The molecule has 1 rings (SSSR count). The minimum atomic E-state index is -3.90. The first-order valence-electron chi connectivity index (χ1n) is 4.91. The smallest absolute Gasteiger partial charge is 0.241 e. The Labute approximate surface area is 100 Å². The molecule has 0 unspecified atom stereocenters. The Bertz CT molecular complexity index is 499. The van der Waals surface area contributed by atoms with E-state index in [1.807, 2.05) is 0 Å². The Hall–Kier alpha value is -1.15. The van der Waals surface area contributed by atoms with Crippen molar-refractivity contribution in [3.63, 3.8) is 0 Å². The van der Waals surface area contributed by atoms with Crippen molar-refractivity contribution < 1.29 is 18.3 Å². The van der Waals surface area contributed by atoms with Gasteiger partial charge in [-0.05, 0) is 24.6 Å². The average Bonchev–Trinajstić information content (AvgIpc) is 2.25. The quantitative estimate of drug-likeness (QED) is 0.688. The Morgan fingerprint density at radius 2 is 2.00 bits per heavy atom. The highest BCUT2D eigenvalue weighted by atomic mass is 32.2. The van der Waals surface area contributed by atoms with Crippen molar-refractivity contribution in [3.05, 3.63) is 23.8 Å². The van der Waals surface area contributed by atoms with E-state index in [0.717, 1.165) is 0 Å². The highest BCUT2D eigenvalue weighted by Crippen LogP contribution is 2.27. The van der Waals surface area contributed by atoms with Crippen LogP contribution in [-0.2, 0) is 10.0 Å². The van der Waals surface area contributed by atoms with Crippen LogP contribution in [0.2, 0.25) is 0 Å². The molecule has 2 atom stereocenters. The number of ether oxygens (including phenoxy) is 1. The zero-order valence-corrected chi connectivity index (χ0v) is 10.4. The van der Waals surface area contributed by atoms with Crippen molar-refractivity contribution in [2.75, 3.05) is 7.11 Å². The van der Waals surface area contributed by atoms with Crippen LogP contribution in [0.4, 0.5) is 0 Å². The van der Waals surface area contributed by atoms with Crippen LogP contribution in [0, 0.1) is 0 Å². The Morgan fingerprint density at radius 3 is 2.41 bits per heavy atom. The van der Waals surface area contributed by atoms with Gasteiger partial charge >= 0.3 is 0 Å². The lowest BCUT2D eigenvalue weighted by Gasteiger charge is -2.16. The Kier molecular flexibility index (Phi) is 4.10. The maximum absolute atomic E-state index is 11.3. The van der Waals surface area contributed by atoms with Gasteiger partial charge in [-0.25, -0.2) is 13.6 Å². The fourth-order valence-electron chi connectivity index (χ4n) is 1.40. The Balaban J connectivity index is 3.33. The van der Waals surface area contributed by atoms with E-state index in [4.69, 9.17) is 15.6 Å². The summed E-state index contributed by atoms with van der Waals surface area (Å²) in [6.07, 6.45) is -0.957. The summed E-state index contributed by atoms with van der Waals surface area (Å²) in [5.74, 6) is 0.133. The number of methoxy groups -OCH3 is 1. The molecular formula is C10H16N2O4S. The summed E-state index contributed by atoms with van der Waals surface area (Å²) >= 11 is 0. The molecule has 6 nitrogen and oxygen atoms in total. The summed E-state index contributed by atoms with van der Waals surface area (Å²) in [5, 5.41) is 14.8. The molecule has 7 heteroatoms. The molecule has 1 aromatic rings. The molecule has 1 aromatic carbocycles. The van der Waals surface area contributed by atoms with Gasteiger partial charge in [0.25, 0.3) is 0 Å². The highest BCUT2D eigenvalue weighted by molar-refractivity contribution is 7.89. The highest BCUT2D eigenvalue weighted by Gasteiger charge is 2.19. The number of aliphatic hydroxyl groups is 1. The molecule has 0 amide bonds. The molecule has 0 aliphatic rings. The predicted octanol–water partition coefficient (Wildman–Crippen LogP) is -0.277. The van der Waals surface area contributed by atoms with Crippen LogP contribution in [0.1, 0.15) is 18.6 Å². The average molecular weight is 260 g/mol. The van der Waals surface area contributed by atoms with Gasteiger partial charge in [0, 0.05) is 6.04 Å². The summed E-state index contributed by atoms with van der Waals surface area (Å²) in [7, 11) is -2.57. The lowest BCUT2D eigenvalue weighted by atomic mass is 10.0. The number of hydrogen-bond donors (Lipinski definition) is 3. The molecule has 5 N–H and O–H groups in total. The topological polar surface area (TPSA) is 116 Å². The van der Waals surface area contributed by atoms with Gasteiger partial charge in [0.15, 0.2) is 0 Å². The lowest BCUT2D eigenvalue weighted by molar-refractivity contribution is 0.153. The summed E-state index contributed by atoms with van der Waals surface area (Å²) < 4.78 is 27.6. The Morgan fingerprint density at radius 1 is 1.41 bits per heavy atom. The molecule has 0 aliphatic carbocycles. The van der Waals surface area contributed by atoms with Crippen molar-refractivity contribution in [3.8, 4) is 5.75 Å². The monoisotopic (exact) mass is 260 g/mol. The SMILES string of the molecule is COc1ccc([C@H](O)[C@@H](C)N)cc1S(N)(=O)=O. The van der Waals surface area contributed by atoms with Crippen LogP contribution in [0.3, 0.4) is 0 Å². The second-order valence-corrected chi connectivity index (χ2v) is 5.29. The number of rotatable bonds is 4. The first-order valence-corrected chi connectivity index (χ1v) is 6.46. The van der Waals surface area contributed by atoms with Crippen LogP contribution in [0.5, 0.6) is 5.75 Å². The standard InChI is InChI=1S/C10H16N2O4S/c1-6(11)10(13)7-3-4-8(16-2)9(5-7)17(12,14)15/h3-6,10,13H,11H2,1-2H3,(H2,12,14,15)/t6-,10-/m1/s1. The summed E-state index contributed by atoms with van der Waals surface area (Å²) in [6.45, 7) is 1.62. The fraction of sp³-hybridized carbons (Fsp3) is 0.400. The van der Waals surface area contributed by atoms with Gasteiger partial charge in [0.1, 0.15) is 10.6 Å². The van der Waals surface area contributed by atoms with Gasteiger partial charge in [0.2, 0.25) is 10.0 Å². The number of primary sulfonamides is 1. The minimum absolute atomic E-state index is 0.133. The van der Waals surface area contributed by atoms with Crippen LogP contribution < -0.4 is 15.6 Å². The molecule has 17 heavy (non-hydrogen) atoms. The maximum Gasteiger partial charge on any atom is 0.241 e. The van der Waals surface area contributed by atoms with Crippen molar-refractivity contribution in [1.82, 2.24) is 0 Å².